The van der Waals surface area contributed by atoms with Crippen molar-refractivity contribution in [1.29, 1.82) is 0 Å². The SMILES string of the molecule is CC(C)NC(=O)CN1CCN(c2ccc(F)cc2)CC1. The fourth-order valence-electron chi connectivity index (χ4n) is 2.39. The van der Waals surface area contributed by atoms with Crippen LogP contribution in [0.4, 0.5) is 10.1 Å². The Bertz CT molecular complexity index is 439. The maximum Gasteiger partial charge on any atom is 0.234 e. The first-order valence-electron chi connectivity index (χ1n) is 7.07. The molecule has 1 saturated heterocycles. The Balaban J connectivity index is 1.80. The summed E-state index contributed by atoms with van der Waals surface area (Å²) in [5.74, 6) is -0.132. The molecule has 110 valence electrons. The van der Waals surface area contributed by atoms with Crippen molar-refractivity contribution in [2.45, 2.75) is 19.9 Å². The van der Waals surface area contributed by atoms with E-state index in [1.165, 1.54) is 12.1 Å². The fraction of sp³-hybridized carbons (Fsp3) is 0.533. The molecule has 1 fully saturated rings. The topological polar surface area (TPSA) is 35.6 Å². The van der Waals surface area contributed by atoms with E-state index in [1.54, 1.807) is 12.1 Å². The average Bonchev–Trinajstić information content (AvgIpc) is 2.39. The molecule has 1 N–H and O–H groups in total. The lowest BCUT2D eigenvalue weighted by molar-refractivity contribution is -0.122. The third-order valence-electron chi connectivity index (χ3n) is 3.38. The molecule has 5 heteroatoms. The maximum absolute atomic E-state index is 12.9. The molecule has 0 bridgehead atoms. The second-order valence-corrected chi connectivity index (χ2v) is 5.46. The summed E-state index contributed by atoms with van der Waals surface area (Å²) in [7, 11) is 0. The zero-order chi connectivity index (χ0) is 14.5. The molecule has 4 nitrogen and oxygen atoms in total. The minimum Gasteiger partial charge on any atom is -0.369 e. The van der Waals surface area contributed by atoms with E-state index in [-0.39, 0.29) is 17.8 Å². The molecule has 2 rings (SSSR count). The summed E-state index contributed by atoms with van der Waals surface area (Å²) in [6.07, 6.45) is 0. The summed E-state index contributed by atoms with van der Waals surface area (Å²) in [6.45, 7) is 7.80. The smallest absolute Gasteiger partial charge is 0.234 e. The van der Waals surface area contributed by atoms with E-state index in [2.05, 4.69) is 15.1 Å². The number of nitrogens with one attached hydrogen (secondary N) is 1. The van der Waals surface area contributed by atoms with Crippen molar-refractivity contribution in [2.24, 2.45) is 0 Å². The van der Waals surface area contributed by atoms with Crippen LogP contribution >= 0.6 is 0 Å². The van der Waals surface area contributed by atoms with Crippen molar-refractivity contribution >= 4 is 11.6 Å². The molecule has 1 aromatic carbocycles. The van der Waals surface area contributed by atoms with Crippen molar-refractivity contribution in [3.8, 4) is 0 Å². The molecule has 1 heterocycles. The predicted octanol–water partition coefficient (Wildman–Crippen LogP) is 1.47. The summed E-state index contributed by atoms with van der Waals surface area (Å²) in [5, 5.41) is 2.90. The minimum absolute atomic E-state index is 0.0789. The van der Waals surface area contributed by atoms with E-state index in [0.717, 1.165) is 31.9 Å². The zero-order valence-electron chi connectivity index (χ0n) is 12.1. The maximum atomic E-state index is 12.9. The first kappa shape index (κ1) is 14.8. The van der Waals surface area contributed by atoms with Crippen molar-refractivity contribution in [3.05, 3.63) is 30.1 Å². The summed E-state index contributed by atoms with van der Waals surface area (Å²) in [6, 6.07) is 6.76. The molecule has 1 amide bonds. The van der Waals surface area contributed by atoms with E-state index >= 15 is 0 Å². The Kier molecular flexibility index (Phi) is 4.95. The van der Waals surface area contributed by atoms with Gasteiger partial charge < -0.3 is 10.2 Å². The third kappa shape index (κ3) is 4.20. The fourth-order valence-corrected chi connectivity index (χ4v) is 2.39. The van der Waals surface area contributed by atoms with Crippen molar-refractivity contribution in [1.82, 2.24) is 10.2 Å². The second kappa shape index (κ2) is 6.70. The highest BCUT2D eigenvalue weighted by atomic mass is 19.1. The van der Waals surface area contributed by atoms with Crippen LogP contribution < -0.4 is 10.2 Å². The molecule has 0 saturated carbocycles. The molecule has 1 aromatic rings. The van der Waals surface area contributed by atoms with E-state index < -0.39 is 0 Å². The Labute approximate surface area is 119 Å². The molecule has 1 aliphatic heterocycles. The van der Waals surface area contributed by atoms with Gasteiger partial charge in [-0.05, 0) is 38.1 Å². The van der Waals surface area contributed by atoms with Crippen LogP contribution in [0, 0.1) is 5.82 Å². The van der Waals surface area contributed by atoms with Gasteiger partial charge in [-0.15, -0.1) is 0 Å². The number of anilines is 1. The number of hydrogen-bond donors (Lipinski definition) is 1. The lowest BCUT2D eigenvalue weighted by atomic mass is 10.2. The first-order chi connectivity index (χ1) is 9.54. The van der Waals surface area contributed by atoms with Gasteiger partial charge in [0.25, 0.3) is 0 Å². The highest BCUT2D eigenvalue weighted by molar-refractivity contribution is 5.78. The second-order valence-electron chi connectivity index (χ2n) is 5.46. The van der Waals surface area contributed by atoms with Gasteiger partial charge >= 0.3 is 0 Å². The van der Waals surface area contributed by atoms with Gasteiger partial charge in [0.1, 0.15) is 5.82 Å². The molecular formula is C15H22FN3O. The van der Waals surface area contributed by atoms with Gasteiger partial charge in [0.2, 0.25) is 5.91 Å². The van der Waals surface area contributed by atoms with Crippen molar-refractivity contribution in [2.75, 3.05) is 37.6 Å². The van der Waals surface area contributed by atoms with Gasteiger partial charge in [-0.1, -0.05) is 0 Å². The standard InChI is InChI=1S/C15H22FN3O/c1-12(2)17-15(20)11-18-7-9-19(10-8-18)14-5-3-13(16)4-6-14/h3-6,12H,7-11H2,1-2H3,(H,17,20). The molecule has 0 aliphatic carbocycles. The van der Waals surface area contributed by atoms with Crippen molar-refractivity contribution in [3.63, 3.8) is 0 Å². The Morgan fingerprint density at radius 3 is 2.35 bits per heavy atom. The monoisotopic (exact) mass is 279 g/mol. The quantitative estimate of drug-likeness (QED) is 0.906. The van der Waals surface area contributed by atoms with Gasteiger partial charge in [-0.3, -0.25) is 9.69 Å². The van der Waals surface area contributed by atoms with E-state index in [0.29, 0.717) is 6.54 Å². The number of hydrogen-bond acceptors (Lipinski definition) is 3. The molecule has 0 unspecified atom stereocenters. The molecule has 1 aliphatic rings. The van der Waals surface area contributed by atoms with Gasteiger partial charge in [0.15, 0.2) is 0 Å². The number of amides is 1. The normalized spacial score (nSPS) is 16.5. The minimum atomic E-state index is -0.210. The average molecular weight is 279 g/mol. The summed E-state index contributed by atoms with van der Waals surface area (Å²) >= 11 is 0. The Hall–Kier alpha value is -1.62. The van der Waals surface area contributed by atoms with Crippen LogP contribution in [0.15, 0.2) is 24.3 Å². The molecular weight excluding hydrogens is 257 g/mol. The number of benzene rings is 1. The summed E-state index contributed by atoms with van der Waals surface area (Å²) in [4.78, 5) is 16.1. The highest BCUT2D eigenvalue weighted by Crippen LogP contribution is 2.16. The highest BCUT2D eigenvalue weighted by Gasteiger charge is 2.19. The molecule has 0 radical (unpaired) electrons. The van der Waals surface area contributed by atoms with Gasteiger partial charge in [-0.2, -0.15) is 0 Å². The molecule has 0 spiro atoms. The van der Waals surface area contributed by atoms with Crippen LogP contribution in [-0.2, 0) is 4.79 Å². The van der Waals surface area contributed by atoms with E-state index in [9.17, 15) is 9.18 Å². The largest absolute Gasteiger partial charge is 0.369 e. The third-order valence-corrected chi connectivity index (χ3v) is 3.38. The summed E-state index contributed by atoms with van der Waals surface area (Å²) < 4.78 is 12.9. The summed E-state index contributed by atoms with van der Waals surface area (Å²) in [5.41, 5.74) is 1.04. The van der Waals surface area contributed by atoms with Crippen LogP contribution in [0.1, 0.15) is 13.8 Å². The lowest BCUT2D eigenvalue weighted by Crippen LogP contribution is -2.50. The van der Waals surface area contributed by atoms with Crippen molar-refractivity contribution < 1.29 is 9.18 Å². The number of halogens is 1. The number of piperazine rings is 1. The van der Waals surface area contributed by atoms with Crippen LogP contribution in [0.3, 0.4) is 0 Å². The first-order valence-corrected chi connectivity index (χ1v) is 7.07. The lowest BCUT2D eigenvalue weighted by Gasteiger charge is -2.35. The van der Waals surface area contributed by atoms with Crippen LogP contribution in [0.5, 0.6) is 0 Å². The zero-order valence-corrected chi connectivity index (χ0v) is 12.1. The van der Waals surface area contributed by atoms with Gasteiger partial charge in [0, 0.05) is 37.9 Å². The molecule has 20 heavy (non-hydrogen) atoms. The van der Waals surface area contributed by atoms with Crippen LogP contribution in [0.2, 0.25) is 0 Å². The molecule has 0 aromatic heterocycles. The number of carbonyl (C=O) groups excluding carboxylic acids is 1. The Morgan fingerprint density at radius 1 is 1.20 bits per heavy atom. The number of nitrogens with zero attached hydrogens (tertiary/aromatic N) is 2. The number of carbonyl (C=O) groups is 1. The van der Waals surface area contributed by atoms with E-state index in [4.69, 9.17) is 0 Å². The van der Waals surface area contributed by atoms with Crippen LogP contribution in [0.25, 0.3) is 0 Å². The predicted molar refractivity (Wildman–Crippen MR) is 78.3 cm³/mol. The van der Waals surface area contributed by atoms with E-state index in [1.807, 2.05) is 13.8 Å². The van der Waals surface area contributed by atoms with Crippen LogP contribution in [-0.4, -0.2) is 49.6 Å². The Morgan fingerprint density at radius 2 is 1.80 bits per heavy atom. The molecule has 0 atom stereocenters. The van der Waals surface area contributed by atoms with Gasteiger partial charge in [-0.25, -0.2) is 4.39 Å². The van der Waals surface area contributed by atoms with Gasteiger partial charge in [0.05, 0.1) is 6.54 Å². The number of rotatable bonds is 4.